The third-order valence-corrected chi connectivity index (χ3v) is 10.7. The van der Waals surface area contributed by atoms with Gasteiger partial charge in [0.1, 0.15) is 42.3 Å². The molecule has 2 bridgehead atoms. The topological polar surface area (TPSA) is 271 Å². The van der Waals surface area contributed by atoms with Gasteiger partial charge in [-0.15, -0.1) is 11.8 Å². The number of hydrogen-bond acceptors (Lipinski definition) is 11. The largest absolute Gasteiger partial charge is 0.391 e. The zero-order valence-corrected chi connectivity index (χ0v) is 31.4. The summed E-state index contributed by atoms with van der Waals surface area (Å²) in [4.78, 5) is 101. The van der Waals surface area contributed by atoms with E-state index < -0.39 is 101 Å². The quantitative estimate of drug-likeness (QED) is 0.153. The van der Waals surface area contributed by atoms with Crippen LogP contribution >= 0.6 is 11.8 Å². The predicted octanol–water partition coefficient (Wildman–Crippen LogP) is -2.72. The highest BCUT2D eigenvalue weighted by atomic mass is 32.2. The molecule has 9 atom stereocenters. The minimum Gasteiger partial charge on any atom is -0.391 e. The second kappa shape index (κ2) is 16.3. The number of benzene rings is 1. The van der Waals surface area contributed by atoms with Crippen molar-refractivity contribution in [3.8, 4) is 0 Å². The number of aliphatic hydroxyl groups is 3. The number of carbonyl (C=O) groups excluding carboxylic acids is 7. The Morgan fingerprint density at radius 3 is 2.13 bits per heavy atom. The standard InChI is InChI=1S/C35H48N8O10S/c1-15-27(46)38-22-11-20-19-8-6-7-9-21(19)41-33(20)54-14-24(34(52)43-13-18(45)10-25(43)31(50)37-15)40-32(51)26(17(3)44)42-28(47)16(2)36-30(49)23(39-29(22)48)12-35(4,5)53/h6-9,15-18,22-26,41,44-45,53H,10-14H2,1-5H3,(H,36,49)(H,37,50)(H,38,46)(H,39,48)(H,40,51)(H,42,47)/t15-,16-,17-,18-,22-,23-,24-,25-,26+/m0/s1. The molecular weight excluding hydrogens is 724 g/mol. The van der Waals surface area contributed by atoms with E-state index in [1.165, 1.54) is 34.6 Å². The molecule has 10 N–H and O–H groups in total. The van der Waals surface area contributed by atoms with Gasteiger partial charge in [0.25, 0.3) is 0 Å². The normalized spacial score (nSPS) is 30.2. The Balaban J connectivity index is 1.69. The van der Waals surface area contributed by atoms with E-state index in [0.717, 1.165) is 16.7 Å². The first kappa shape index (κ1) is 40.5. The molecule has 7 amide bonds. The number of rotatable bonds is 3. The SMILES string of the molecule is C[C@@H]1NC(=O)[C@H](CC(C)(C)O)NC(=O)[C@@H]2Cc3c([nH]c4ccccc34)SC[C@H](NC(=O)[C@@H]([C@H](C)O)NC1=O)C(=O)N1C[C@@H](O)C[C@H]1C(=O)N[C@@H](C)C(=O)N2. The maximum Gasteiger partial charge on any atom is 0.246 e. The maximum absolute atomic E-state index is 14.3. The fraction of sp³-hybridized carbons (Fsp3) is 0.571. The number of carbonyl (C=O) groups is 7. The second-order valence-electron chi connectivity index (χ2n) is 14.8. The summed E-state index contributed by atoms with van der Waals surface area (Å²) in [5.41, 5.74) is -0.275. The number of nitrogens with zero attached hydrogens (tertiary/aromatic N) is 1. The minimum absolute atomic E-state index is 0.143. The zero-order chi connectivity index (χ0) is 39.6. The molecule has 4 heterocycles. The fourth-order valence-corrected chi connectivity index (χ4v) is 7.85. The number of fused-ring (bicyclic) bond motifs is 5. The van der Waals surface area contributed by atoms with Gasteiger partial charge in [0.15, 0.2) is 0 Å². The van der Waals surface area contributed by atoms with Crippen LogP contribution in [0, 0.1) is 0 Å². The first-order chi connectivity index (χ1) is 25.3. The molecule has 1 saturated heterocycles. The average molecular weight is 773 g/mol. The van der Waals surface area contributed by atoms with Crippen LogP contribution in [0.2, 0.25) is 0 Å². The number of thioether (sulfide) groups is 1. The first-order valence-electron chi connectivity index (χ1n) is 17.8. The Bertz CT molecular complexity index is 1810. The molecule has 0 unspecified atom stereocenters. The Labute approximate surface area is 315 Å². The van der Waals surface area contributed by atoms with Gasteiger partial charge in [-0.3, -0.25) is 33.6 Å². The Morgan fingerprint density at radius 2 is 1.46 bits per heavy atom. The molecule has 1 aromatic heterocycles. The van der Waals surface area contributed by atoms with Gasteiger partial charge in [-0.1, -0.05) is 18.2 Å². The fourth-order valence-electron chi connectivity index (χ4n) is 6.74. The van der Waals surface area contributed by atoms with Crippen LogP contribution in [-0.4, -0.2) is 139 Å². The molecule has 19 heteroatoms. The van der Waals surface area contributed by atoms with Crippen LogP contribution in [0.1, 0.15) is 53.0 Å². The number of hydrogen-bond donors (Lipinski definition) is 10. The number of para-hydroxylation sites is 1. The molecule has 294 valence electrons. The average Bonchev–Trinajstić information content (AvgIpc) is 3.65. The van der Waals surface area contributed by atoms with Crippen LogP contribution in [0.4, 0.5) is 0 Å². The van der Waals surface area contributed by atoms with E-state index in [2.05, 4.69) is 36.9 Å². The third kappa shape index (κ3) is 9.31. The van der Waals surface area contributed by atoms with Crippen molar-refractivity contribution in [3.05, 3.63) is 29.8 Å². The molecule has 54 heavy (non-hydrogen) atoms. The van der Waals surface area contributed by atoms with Crippen LogP contribution in [0.25, 0.3) is 10.9 Å². The number of nitrogens with one attached hydrogen (secondary N) is 7. The Morgan fingerprint density at radius 1 is 0.833 bits per heavy atom. The predicted molar refractivity (Wildman–Crippen MR) is 194 cm³/mol. The minimum atomic E-state index is -1.61. The highest BCUT2D eigenvalue weighted by Gasteiger charge is 2.44. The molecule has 1 aromatic carbocycles. The second-order valence-corrected chi connectivity index (χ2v) is 15.8. The number of amides is 7. The lowest BCUT2D eigenvalue weighted by atomic mass is 9.97. The molecular formula is C35H48N8O10S. The van der Waals surface area contributed by atoms with E-state index in [1.54, 1.807) is 24.3 Å². The lowest BCUT2D eigenvalue weighted by Gasteiger charge is -2.30. The summed E-state index contributed by atoms with van der Waals surface area (Å²) in [6.07, 6.45) is -3.20. The molecule has 18 nitrogen and oxygen atoms in total. The summed E-state index contributed by atoms with van der Waals surface area (Å²) in [6.45, 7) is 6.55. The van der Waals surface area contributed by atoms with Gasteiger partial charge in [-0.25, -0.2) is 0 Å². The van der Waals surface area contributed by atoms with Crippen LogP contribution in [0.15, 0.2) is 29.3 Å². The summed E-state index contributed by atoms with van der Waals surface area (Å²) in [5.74, 6) is -5.91. The lowest BCUT2D eigenvalue weighted by Crippen LogP contribution is -2.61. The van der Waals surface area contributed by atoms with Crippen molar-refractivity contribution in [2.45, 2.75) is 119 Å². The number of aliphatic hydroxyl groups excluding tert-OH is 2. The van der Waals surface area contributed by atoms with E-state index in [4.69, 9.17) is 0 Å². The first-order valence-corrected chi connectivity index (χ1v) is 18.7. The Hall–Kier alpha value is -4.72. The summed E-state index contributed by atoms with van der Waals surface area (Å²) >= 11 is 1.11. The van der Waals surface area contributed by atoms with Gasteiger partial charge in [0.05, 0.1) is 22.8 Å². The van der Waals surface area contributed by atoms with E-state index in [0.29, 0.717) is 21.5 Å². The highest BCUT2D eigenvalue weighted by Crippen LogP contribution is 2.32. The monoisotopic (exact) mass is 772 g/mol. The molecule has 2 aromatic rings. The molecule has 0 radical (unpaired) electrons. The van der Waals surface area contributed by atoms with Crippen molar-refractivity contribution >= 4 is 64.0 Å². The molecule has 3 aliphatic heterocycles. The van der Waals surface area contributed by atoms with Crippen molar-refractivity contribution in [1.29, 1.82) is 0 Å². The molecule has 3 aliphatic rings. The summed E-state index contributed by atoms with van der Waals surface area (Å²) in [6, 6.07) is -2.39. The lowest BCUT2D eigenvalue weighted by molar-refractivity contribution is -0.142. The molecule has 0 spiro atoms. The van der Waals surface area contributed by atoms with Crippen molar-refractivity contribution in [2.24, 2.45) is 0 Å². The van der Waals surface area contributed by atoms with E-state index >= 15 is 0 Å². The summed E-state index contributed by atoms with van der Waals surface area (Å²) < 4.78 is 0. The summed E-state index contributed by atoms with van der Waals surface area (Å²) in [5, 5.41) is 48.5. The smallest absolute Gasteiger partial charge is 0.246 e. The van der Waals surface area contributed by atoms with Crippen LogP contribution in [0.3, 0.4) is 0 Å². The van der Waals surface area contributed by atoms with Crippen molar-refractivity contribution < 1.29 is 48.9 Å². The van der Waals surface area contributed by atoms with E-state index in [9.17, 15) is 48.9 Å². The molecule has 0 aliphatic carbocycles. The van der Waals surface area contributed by atoms with Gasteiger partial charge in [0.2, 0.25) is 41.4 Å². The van der Waals surface area contributed by atoms with Gasteiger partial charge >= 0.3 is 0 Å². The van der Waals surface area contributed by atoms with Crippen molar-refractivity contribution in [2.75, 3.05) is 12.3 Å². The van der Waals surface area contributed by atoms with Gasteiger partial charge in [0, 0.05) is 42.5 Å². The van der Waals surface area contributed by atoms with Crippen LogP contribution < -0.4 is 31.9 Å². The maximum atomic E-state index is 14.3. The third-order valence-electron chi connectivity index (χ3n) is 9.59. The van der Waals surface area contributed by atoms with Gasteiger partial charge in [-0.2, -0.15) is 0 Å². The van der Waals surface area contributed by atoms with Gasteiger partial charge < -0.3 is 57.1 Å². The molecule has 5 rings (SSSR count). The van der Waals surface area contributed by atoms with E-state index in [1.807, 2.05) is 0 Å². The number of aromatic amines is 1. The van der Waals surface area contributed by atoms with Crippen molar-refractivity contribution in [3.63, 3.8) is 0 Å². The van der Waals surface area contributed by atoms with Crippen LogP contribution in [-0.2, 0) is 40.0 Å². The van der Waals surface area contributed by atoms with Crippen LogP contribution in [0.5, 0.6) is 0 Å². The zero-order valence-electron chi connectivity index (χ0n) is 30.6. The van der Waals surface area contributed by atoms with Gasteiger partial charge in [-0.05, 0) is 46.2 Å². The van der Waals surface area contributed by atoms with E-state index in [-0.39, 0.29) is 31.6 Å². The highest BCUT2D eigenvalue weighted by molar-refractivity contribution is 7.99. The number of aromatic nitrogens is 1. The summed E-state index contributed by atoms with van der Waals surface area (Å²) in [7, 11) is 0. The Kier molecular flexibility index (Phi) is 12.2. The molecule has 1 fully saturated rings. The molecule has 0 saturated carbocycles. The van der Waals surface area contributed by atoms with Crippen molar-refractivity contribution in [1.82, 2.24) is 41.8 Å². The number of H-pyrrole nitrogens is 1.